The Balaban J connectivity index is 2.45. The van der Waals surface area contributed by atoms with E-state index >= 15 is 0 Å². The maximum atomic E-state index is 3.38. The molecule has 0 fully saturated rings. The summed E-state index contributed by atoms with van der Waals surface area (Å²) in [5.41, 5.74) is 3.83. The van der Waals surface area contributed by atoms with Crippen molar-refractivity contribution in [3.8, 4) is 11.1 Å². The molecular formula is C16H17S2. The molecule has 2 aromatic carbocycles. The van der Waals surface area contributed by atoms with Crippen molar-refractivity contribution in [3.05, 3.63) is 48.0 Å². The van der Waals surface area contributed by atoms with Gasteiger partial charge in [-0.1, -0.05) is 31.2 Å². The van der Waals surface area contributed by atoms with Crippen LogP contribution < -0.4 is 0 Å². The summed E-state index contributed by atoms with van der Waals surface area (Å²) in [5, 5.41) is 0. The second kappa shape index (κ2) is 6.35. The number of aryl methyl sites for hydroxylation is 1. The van der Waals surface area contributed by atoms with Crippen LogP contribution in [-0.2, 0) is 0 Å². The topological polar surface area (TPSA) is 0 Å². The van der Waals surface area contributed by atoms with Crippen LogP contribution in [0.1, 0.15) is 12.5 Å². The average Bonchev–Trinajstić information content (AvgIpc) is 2.40. The zero-order chi connectivity index (χ0) is 13.0. The number of benzene rings is 2. The van der Waals surface area contributed by atoms with Crippen LogP contribution in [0.15, 0.2) is 46.2 Å². The zero-order valence-corrected chi connectivity index (χ0v) is 12.6. The summed E-state index contributed by atoms with van der Waals surface area (Å²) in [7, 11) is 0. The third-order valence-electron chi connectivity index (χ3n) is 2.80. The molecule has 0 atom stereocenters. The van der Waals surface area contributed by atoms with Crippen molar-refractivity contribution < 1.29 is 0 Å². The van der Waals surface area contributed by atoms with Gasteiger partial charge in [0, 0.05) is 15.4 Å². The second-order valence-corrected chi connectivity index (χ2v) is 6.18. The normalized spacial score (nSPS) is 10.6. The molecule has 0 saturated carbocycles. The highest BCUT2D eigenvalue weighted by Crippen LogP contribution is 2.33. The quantitative estimate of drug-likeness (QED) is 0.694. The predicted octanol–water partition coefficient (Wildman–Crippen LogP) is 5.30. The summed E-state index contributed by atoms with van der Waals surface area (Å²) in [6.45, 7) is 4.36. The van der Waals surface area contributed by atoms with Gasteiger partial charge in [0.15, 0.2) is 0 Å². The van der Waals surface area contributed by atoms with Crippen molar-refractivity contribution in [3.63, 3.8) is 0 Å². The summed E-state index contributed by atoms with van der Waals surface area (Å²) < 4.78 is 0. The van der Waals surface area contributed by atoms with Crippen LogP contribution in [0.5, 0.6) is 0 Å². The fourth-order valence-corrected chi connectivity index (χ4v) is 3.35. The molecule has 0 aliphatic carbocycles. The summed E-state index contributed by atoms with van der Waals surface area (Å²) >= 11 is 3.67. The van der Waals surface area contributed by atoms with E-state index < -0.39 is 0 Å². The van der Waals surface area contributed by atoms with E-state index in [1.165, 1.54) is 26.5 Å². The van der Waals surface area contributed by atoms with Gasteiger partial charge >= 0.3 is 0 Å². The molecule has 0 aromatic heterocycles. The maximum absolute atomic E-state index is 3.38. The zero-order valence-electron chi connectivity index (χ0n) is 11.0. The fourth-order valence-electron chi connectivity index (χ4n) is 1.96. The predicted molar refractivity (Wildman–Crippen MR) is 83.6 cm³/mol. The van der Waals surface area contributed by atoms with Gasteiger partial charge in [0.2, 0.25) is 0 Å². The van der Waals surface area contributed by atoms with Crippen LogP contribution >= 0.6 is 23.5 Å². The van der Waals surface area contributed by atoms with Crippen molar-refractivity contribution in [2.24, 2.45) is 0 Å². The molecule has 2 aromatic rings. The molecule has 2 rings (SSSR count). The van der Waals surface area contributed by atoms with E-state index in [9.17, 15) is 0 Å². The lowest BCUT2D eigenvalue weighted by Gasteiger charge is -2.10. The minimum Gasteiger partial charge on any atom is -0.129 e. The van der Waals surface area contributed by atoms with Gasteiger partial charge in [-0.25, -0.2) is 0 Å². The lowest BCUT2D eigenvalue weighted by Crippen LogP contribution is -1.86. The standard InChI is InChI=1S/C16H17S2/c1-4-18-16-8-6-5-7-14(16)13-9-10-15(17-3)12(2)11-13/h5-6,8-11H,4H2,1-3H3. The molecule has 0 spiro atoms. The molecule has 1 radical (unpaired) electrons. The molecule has 0 aliphatic rings. The molecule has 0 unspecified atom stereocenters. The SMILES string of the molecule is CCSc1ccc[c]c1-c1ccc(SC)c(C)c1. The third kappa shape index (κ3) is 2.93. The Kier molecular flexibility index (Phi) is 4.79. The molecule has 0 heterocycles. The molecule has 0 amide bonds. The highest BCUT2D eigenvalue weighted by atomic mass is 32.2. The van der Waals surface area contributed by atoms with Gasteiger partial charge in [-0.3, -0.25) is 0 Å². The van der Waals surface area contributed by atoms with Crippen LogP contribution in [0.2, 0.25) is 0 Å². The van der Waals surface area contributed by atoms with E-state index in [-0.39, 0.29) is 0 Å². The van der Waals surface area contributed by atoms with Gasteiger partial charge in [0.1, 0.15) is 0 Å². The molecule has 0 nitrogen and oxygen atoms in total. The number of hydrogen-bond acceptors (Lipinski definition) is 2. The highest BCUT2D eigenvalue weighted by molar-refractivity contribution is 7.99. The van der Waals surface area contributed by atoms with Gasteiger partial charge in [-0.2, -0.15) is 0 Å². The monoisotopic (exact) mass is 273 g/mol. The van der Waals surface area contributed by atoms with Gasteiger partial charge < -0.3 is 0 Å². The van der Waals surface area contributed by atoms with Gasteiger partial charge in [0.25, 0.3) is 0 Å². The first kappa shape index (κ1) is 13.6. The Labute approximate surface area is 118 Å². The molecule has 93 valence electrons. The number of thioether (sulfide) groups is 2. The van der Waals surface area contributed by atoms with E-state index in [2.05, 4.69) is 56.5 Å². The van der Waals surface area contributed by atoms with E-state index in [1.807, 2.05) is 17.8 Å². The minimum atomic E-state index is 1.09. The molecule has 0 bridgehead atoms. The maximum Gasteiger partial charge on any atom is 0.0157 e. The van der Waals surface area contributed by atoms with Gasteiger partial charge in [-0.05, 0) is 48.3 Å². The first-order valence-corrected chi connectivity index (χ1v) is 8.25. The molecule has 0 N–H and O–H groups in total. The Morgan fingerprint density at radius 2 is 2.00 bits per heavy atom. The first-order chi connectivity index (χ1) is 8.76. The highest BCUT2D eigenvalue weighted by Gasteiger charge is 2.06. The number of rotatable bonds is 4. The second-order valence-electron chi connectivity index (χ2n) is 4.03. The summed E-state index contributed by atoms with van der Waals surface area (Å²) in [6, 6.07) is 16.3. The van der Waals surface area contributed by atoms with Crippen molar-refractivity contribution in [1.29, 1.82) is 0 Å². The first-order valence-electron chi connectivity index (χ1n) is 6.04. The molecular weight excluding hydrogens is 256 g/mol. The largest absolute Gasteiger partial charge is 0.129 e. The molecule has 2 heteroatoms. The lowest BCUT2D eigenvalue weighted by molar-refractivity contribution is 1.30. The van der Waals surface area contributed by atoms with Crippen LogP contribution in [0.4, 0.5) is 0 Å². The van der Waals surface area contributed by atoms with Crippen molar-refractivity contribution in [2.45, 2.75) is 23.6 Å². The molecule has 0 aliphatic heterocycles. The van der Waals surface area contributed by atoms with E-state index in [0.29, 0.717) is 0 Å². The molecule has 0 saturated heterocycles. The fraction of sp³-hybridized carbons (Fsp3) is 0.250. The van der Waals surface area contributed by atoms with E-state index in [4.69, 9.17) is 0 Å². The van der Waals surface area contributed by atoms with E-state index in [0.717, 1.165) is 5.75 Å². The average molecular weight is 273 g/mol. The van der Waals surface area contributed by atoms with Gasteiger partial charge in [-0.15, -0.1) is 23.5 Å². The Bertz CT molecular complexity index is 532. The summed E-state index contributed by atoms with van der Waals surface area (Å²) in [5.74, 6) is 1.09. The third-order valence-corrected chi connectivity index (χ3v) is 4.64. The van der Waals surface area contributed by atoms with Crippen molar-refractivity contribution in [2.75, 3.05) is 12.0 Å². The smallest absolute Gasteiger partial charge is 0.0157 e. The van der Waals surface area contributed by atoms with Crippen LogP contribution in [-0.4, -0.2) is 12.0 Å². The lowest BCUT2D eigenvalue weighted by atomic mass is 10.0. The van der Waals surface area contributed by atoms with Crippen LogP contribution in [0, 0.1) is 13.0 Å². The van der Waals surface area contributed by atoms with Crippen molar-refractivity contribution >= 4 is 23.5 Å². The Morgan fingerprint density at radius 1 is 1.17 bits per heavy atom. The number of hydrogen-bond donors (Lipinski definition) is 0. The van der Waals surface area contributed by atoms with E-state index in [1.54, 1.807) is 11.8 Å². The Morgan fingerprint density at radius 3 is 2.67 bits per heavy atom. The molecule has 18 heavy (non-hydrogen) atoms. The van der Waals surface area contributed by atoms with Crippen molar-refractivity contribution in [1.82, 2.24) is 0 Å². The van der Waals surface area contributed by atoms with Crippen LogP contribution in [0.3, 0.4) is 0 Å². The summed E-state index contributed by atoms with van der Waals surface area (Å²) in [6.07, 6.45) is 2.12. The minimum absolute atomic E-state index is 1.09. The summed E-state index contributed by atoms with van der Waals surface area (Å²) in [4.78, 5) is 2.66. The van der Waals surface area contributed by atoms with Crippen LogP contribution in [0.25, 0.3) is 11.1 Å². The van der Waals surface area contributed by atoms with Gasteiger partial charge in [0.05, 0.1) is 0 Å². The Hall–Kier alpha value is -0.860.